The van der Waals surface area contributed by atoms with E-state index >= 15 is 0 Å². The zero-order valence-electron chi connectivity index (χ0n) is 11.8. The number of esters is 1. The van der Waals surface area contributed by atoms with Gasteiger partial charge in [0, 0.05) is 12.5 Å². The van der Waals surface area contributed by atoms with E-state index < -0.39 is 0 Å². The molecule has 0 radical (unpaired) electrons. The highest BCUT2D eigenvalue weighted by atomic mass is 16.5. The Kier molecular flexibility index (Phi) is 4.97. The van der Waals surface area contributed by atoms with Crippen molar-refractivity contribution < 1.29 is 9.53 Å². The molecular weight excluding hydrogens is 238 g/mol. The van der Waals surface area contributed by atoms with E-state index in [2.05, 4.69) is 41.2 Å². The zero-order valence-corrected chi connectivity index (χ0v) is 11.8. The van der Waals surface area contributed by atoms with Gasteiger partial charge in [-0.2, -0.15) is 0 Å². The molecule has 0 aliphatic heterocycles. The summed E-state index contributed by atoms with van der Waals surface area (Å²) in [6, 6.07) is 9.13. The fraction of sp³-hybridized carbons (Fsp3) is 0.562. The lowest BCUT2D eigenvalue weighted by atomic mass is 9.81. The zero-order chi connectivity index (χ0) is 13.7. The minimum absolute atomic E-state index is 0.125. The Balaban J connectivity index is 1.88. The van der Waals surface area contributed by atoms with Gasteiger partial charge >= 0.3 is 5.97 Å². The number of nitrogens with one attached hydrogen (secondary N) is 1. The summed E-state index contributed by atoms with van der Waals surface area (Å²) in [6.07, 6.45) is 3.73. The summed E-state index contributed by atoms with van der Waals surface area (Å²) in [6.45, 7) is 3.16. The van der Waals surface area contributed by atoms with Crippen LogP contribution >= 0.6 is 0 Å². The van der Waals surface area contributed by atoms with Crippen LogP contribution in [0.4, 0.5) is 0 Å². The van der Waals surface area contributed by atoms with Crippen LogP contribution in [-0.4, -0.2) is 19.6 Å². The molecule has 0 saturated heterocycles. The molecule has 0 heterocycles. The monoisotopic (exact) mass is 261 g/mol. The largest absolute Gasteiger partial charge is 0.469 e. The Hall–Kier alpha value is -1.35. The third-order valence-corrected chi connectivity index (χ3v) is 3.97. The summed E-state index contributed by atoms with van der Waals surface area (Å²) in [5.41, 5.74) is 2.90. The van der Waals surface area contributed by atoms with Gasteiger partial charge < -0.3 is 10.1 Å². The normalized spacial score (nSPS) is 21.8. The third-order valence-electron chi connectivity index (χ3n) is 3.97. The Morgan fingerprint density at radius 3 is 2.79 bits per heavy atom. The highest BCUT2D eigenvalue weighted by Crippen LogP contribution is 2.36. The molecule has 0 spiro atoms. The number of carbonyl (C=O) groups excluding carboxylic acids is 1. The maximum absolute atomic E-state index is 11.1. The standard InChI is InChI=1S/C16H23NO2/c1-12-9-10-15(14-7-4-3-6-13(12)14)17-11-5-8-16(18)19-2/h3-4,6-7,12,15,17H,5,8-11H2,1-2H3. The highest BCUT2D eigenvalue weighted by molar-refractivity contribution is 5.69. The number of methoxy groups -OCH3 is 1. The molecule has 104 valence electrons. The number of benzene rings is 1. The van der Waals surface area contributed by atoms with Gasteiger partial charge in [-0.25, -0.2) is 0 Å². The van der Waals surface area contributed by atoms with Gasteiger partial charge in [-0.1, -0.05) is 31.2 Å². The number of rotatable bonds is 5. The molecule has 3 heteroatoms. The fourth-order valence-corrected chi connectivity index (χ4v) is 2.83. The van der Waals surface area contributed by atoms with Gasteiger partial charge in [0.1, 0.15) is 0 Å². The molecule has 3 nitrogen and oxygen atoms in total. The lowest BCUT2D eigenvalue weighted by molar-refractivity contribution is -0.140. The van der Waals surface area contributed by atoms with Crippen LogP contribution in [0.5, 0.6) is 0 Å². The summed E-state index contributed by atoms with van der Waals surface area (Å²) in [7, 11) is 1.44. The molecular formula is C16H23NO2. The van der Waals surface area contributed by atoms with Crippen LogP contribution in [0.15, 0.2) is 24.3 Å². The van der Waals surface area contributed by atoms with Crippen molar-refractivity contribution in [3.8, 4) is 0 Å². The summed E-state index contributed by atoms with van der Waals surface area (Å²) in [4.78, 5) is 11.1. The second-order valence-electron chi connectivity index (χ2n) is 5.29. The number of hydrogen-bond donors (Lipinski definition) is 1. The van der Waals surface area contributed by atoms with Crippen molar-refractivity contribution >= 4 is 5.97 Å². The summed E-state index contributed by atoms with van der Waals surface area (Å²) >= 11 is 0. The smallest absolute Gasteiger partial charge is 0.305 e. The minimum Gasteiger partial charge on any atom is -0.469 e. The number of ether oxygens (including phenoxy) is 1. The maximum Gasteiger partial charge on any atom is 0.305 e. The molecule has 2 rings (SSSR count). The third kappa shape index (κ3) is 3.57. The Morgan fingerprint density at radius 2 is 2.05 bits per heavy atom. The average molecular weight is 261 g/mol. The van der Waals surface area contributed by atoms with Crippen LogP contribution in [0.1, 0.15) is 55.7 Å². The Bertz CT molecular complexity index is 431. The Labute approximate surface area is 115 Å². The number of hydrogen-bond acceptors (Lipinski definition) is 3. The topological polar surface area (TPSA) is 38.3 Å². The molecule has 0 aromatic heterocycles. The second kappa shape index (κ2) is 6.71. The predicted octanol–water partition coefficient (Wildman–Crippen LogP) is 3.17. The van der Waals surface area contributed by atoms with Crippen LogP contribution in [0.25, 0.3) is 0 Å². The van der Waals surface area contributed by atoms with Gasteiger partial charge in [0.15, 0.2) is 0 Å². The molecule has 2 unspecified atom stereocenters. The van der Waals surface area contributed by atoms with E-state index in [0.29, 0.717) is 18.4 Å². The van der Waals surface area contributed by atoms with E-state index in [0.717, 1.165) is 13.0 Å². The molecule has 2 atom stereocenters. The summed E-state index contributed by atoms with van der Waals surface area (Å²) in [5.74, 6) is 0.531. The van der Waals surface area contributed by atoms with E-state index in [1.165, 1.54) is 31.1 Å². The maximum atomic E-state index is 11.1. The van der Waals surface area contributed by atoms with Crippen molar-refractivity contribution in [1.29, 1.82) is 0 Å². The molecule has 1 N–H and O–H groups in total. The van der Waals surface area contributed by atoms with E-state index in [1.807, 2.05) is 0 Å². The van der Waals surface area contributed by atoms with Crippen molar-refractivity contribution in [3.63, 3.8) is 0 Å². The van der Waals surface area contributed by atoms with Crippen LogP contribution in [0.3, 0.4) is 0 Å². The lowest BCUT2D eigenvalue weighted by Crippen LogP contribution is -2.27. The van der Waals surface area contributed by atoms with Gasteiger partial charge in [0.2, 0.25) is 0 Å². The first kappa shape index (κ1) is 14.1. The molecule has 1 aromatic carbocycles. The quantitative estimate of drug-likeness (QED) is 0.653. The van der Waals surface area contributed by atoms with E-state index in [-0.39, 0.29) is 5.97 Å². The number of carbonyl (C=O) groups is 1. The van der Waals surface area contributed by atoms with Crippen molar-refractivity contribution in [2.45, 2.75) is 44.6 Å². The van der Waals surface area contributed by atoms with Gasteiger partial charge in [-0.3, -0.25) is 4.79 Å². The number of fused-ring (bicyclic) bond motifs is 1. The first-order valence-electron chi connectivity index (χ1n) is 7.11. The summed E-state index contributed by atoms with van der Waals surface area (Å²) < 4.78 is 4.65. The SMILES string of the molecule is COC(=O)CCCNC1CCC(C)c2ccccc21. The van der Waals surface area contributed by atoms with Crippen molar-refractivity contribution in [1.82, 2.24) is 5.32 Å². The molecule has 19 heavy (non-hydrogen) atoms. The van der Waals surface area contributed by atoms with Crippen molar-refractivity contribution in [2.75, 3.05) is 13.7 Å². The molecule has 1 aromatic rings. The van der Waals surface area contributed by atoms with Crippen LogP contribution in [-0.2, 0) is 9.53 Å². The van der Waals surface area contributed by atoms with E-state index in [4.69, 9.17) is 0 Å². The van der Waals surface area contributed by atoms with E-state index in [1.54, 1.807) is 0 Å². The molecule has 0 amide bonds. The van der Waals surface area contributed by atoms with Crippen LogP contribution in [0, 0.1) is 0 Å². The first-order chi connectivity index (χ1) is 9.22. The highest BCUT2D eigenvalue weighted by Gasteiger charge is 2.23. The second-order valence-corrected chi connectivity index (χ2v) is 5.29. The van der Waals surface area contributed by atoms with Crippen molar-refractivity contribution in [2.24, 2.45) is 0 Å². The van der Waals surface area contributed by atoms with Gasteiger partial charge in [-0.05, 0) is 42.9 Å². The van der Waals surface area contributed by atoms with Gasteiger partial charge in [0.05, 0.1) is 7.11 Å². The average Bonchev–Trinajstić information content (AvgIpc) is 2.45. The van der Waals surface area contributed by atoms with Crippen molar-refractivity contribution in [3.05, 3.63) is 35.4 Å². The van der Waals surface area contributed by atoms with Crippen LogP contribution in [0.2, 0.25) is 0 Å². The molecule has 0 saturated carbocycles. The molecule has 0 bridgehead atoms. The van der Waals surface area contributed by atoms with Crippen LogP contribution < -0.4 is 5.32 Å². The lowest BCUT2D eigenvalue weighted by Gasteiger charge is -2.30. The molecule has 1 aliphatic carbocycles. The Morgan fingerprint density at radius 1 is 1.32 bits per heavy atom. The first-order valence-corrected chi connectivity index (χ1v) is 7.11. The van der Waals surface area contributed by atoms with Gasteiger partial charge in [-0.15, -0.1) is 0 Å². The molecule has 0 fully saturated rings. The predicted molar refractivity (Wildman–Crippen MR) is 76.1 cm³/mol. The van der Waals surface area contributed by atoms with Gasteiger partial charge in [0.25, 0.3) is 0 Å². The minimum atomic E-state index is -0.125. The molecule has 1 aliphatic rings. The fourth-order valence-electron chi connectivity index (χ4n) is 2.83. The van der Waals surface area contributed by atoms with E-state index in [9.17, 15) is 4.79 Å². The summed E-state index contributed by atoms with van der Waals surface area (Å²) in [5, 5.41) is 3.57.